The summed E-state index contributed by atoms with van der Waals surface area (Å²) >= 11 is 0. The summed E-state index contributed by atoms with van der Waals surface area (Å²) in [6.45, 7) is 2.87. The third kappa shape index (κ3) is 4.44. The number of nitrogens with two attached hydrogens (primary N) is 1. The van der Waals surface area contributed by atoms with E-state index in [1.165, 1.54) is 19.3 Å². The summed E-state index contributed by atoms with van der Waals surface area (Å²) in [5.41, 5.74) is 5.13. The summed E-state index contributed by atoms with van der Waals surface area (Å²) in [4.78, 5) is 14.1. The number of likely N-dealkylation sites (tertiary alicyclic amines) is 1. The van der Waals surface area contributed by atoms with Crippen molar-refractivity contribution in [2.45, 2.75) is 56.8 Å². The molecule has 6 nitrogen and oxygen atoms in total. The van der Waals surface area contributed by atoms with Crippen molar-refractivity contribution in [2.75, 3.05) is 19.6 Å². The average molecular weight is 312 g/mol. The Morgan fingerprint density at radius 3 is 2.50 bits per heavy atom. The molecule has 2 rings (SSSR count). The number of aliphatic carboxylic acids is 1. The number of carboxylic acid groups (broad SMARTS) is 1. The number of hydrogen-bond acceptors (Lipinski definition) is 5. The normalized spacial score (nSPS) is 33.6. The van der Waals surface area contributed by atoms with Gasteiger partial charge in [0.05, 0.1) is 0 Å². The maximum Gasteiger partial charge on any atom is 0.451 e. The van der Waals surface area contributed by atoms with Crippen LogP contribution in [0.1, 0.15) is 44.9 Å². The van der Waals surface area contributed by atoms with Crippen LogP contribution in [0.2, 0.25) is 6.32 Å². The third-order valence-electron chi connectivity index (χ3n) is 5.44. The second-order valence-corrected chi connectivity index (χ2v) is 7.11. The van der Waals surface area contributed by atoms with Gasteiger partial charge in [0.2, 0.25) is 0 Å². The first-order valence-electron chi connectivity index (χ1n) is 8.52. The summed E-state index contributed by atoms with van der Waals surface area (Å²) in [5.74, 6) is -0.761. The van der Waals surface area contributed by atoms with E-state index in [0.717, 1.165) is 32.5 Å². The highest BCUT2D eigenvalue weighted by atomic mass is 16.4. The van der Waals surface area contributed by atoms with Crippen LogP contribution in [0.15, 0.2) is 0 Å². The number of rotatable bonds is 6. The molecule has 1 heterocycles. The monoisotopic (exact) mass is 312 g/mol. The molecule has 0 amide bonds. The Labute approximate surface area is 132 Å². The van der Waals surface area contributed by atoms with Crippen LogP contribution in [-0.2, 0) is 4.79 Å². The van der Waals surface area contributed by atoms with Gasteiger partial charge in [0.25, 0.3) is 0 Å². The highest BCUT2D eigenvalue weighted by Crippen LogP contribution is 2.38. The van der Waals surface area contributed by atoms with Crippen molar-refractivity contribution < 1.29 is 19.9 Å². The van der Waals surface area contributed by atoms with Crippen LogP contribution in [0.3, 0.4) is 0 Å². The van der Waals surface area contributed by atoms with Crippen LogP contribution in [-0.4, -0.2) is 58.3 Å². The standard InChI is InChI=1S/C15H29BN2O4/c17-15(14(19)20)10-12(6-7-16(21)22)4-5-13(15)11-18-8-2-1-3-9-18/h12-13,21-22H,1-11,17H2,(H,19,20)/t12?,13-,15+/m0/s1. The number of hydrogen-bond donors (Lipinski definition) is 4. The van der Waals surface area contributed by atoms with E-state index in [1.54, 1.807) is 0 Å². The molecule has 0 aromatic heterocycles. The topological polar surface area (TPSA) is 107 Å². The molecule has 5 N–H and O–H groups in total. The SMILES string of the molecule is N[C@]1(C(=O)O)CC(CCB(O)O)CC[C@H]1CN1CCCCC1. The molecule has 0 bridgehead atoms. The van der Waals surface area contributed by atoms with Crippen LogP contribution in [0.25, 0.3) is 0 Å². The quantitative estimate of drug-likeness (QED) is 0.533. The number of piperidine rings is 1. The minimum absolute atomic E-state index is 0.0154. The van der Waals surface area contributed by atoms with Crippen molar-refractivity contribution >= 4 is 13.1 Å². The van der Waals surface area contributed by atoms with Gasteiger partial charge in [-0.15, -0.1) is 0 Å². The van der Waals surface area contributed by atoms with Gasteiger partial charge in [-0.2, -0.15) is 0 Å². The van der Waals surface area contributed by atoms with E-state index < -0.39 is 18.6 Å². The number of carboxylic acids is 1. The molecule has 1 unspecified atom stereocenters. The highest BCUT2D eigenvalue weighted by Gasteiger charge is 2.47. The number of nitrogens with zero attached hydrogens (tertiary/aromatic N) is 1. The summed E-state index contributed by atoms with van der Waals surface area (Å²) < 4.78 is 0. The third-order valence-corrected chi connectivity index (χ3v) is 5.44. The largest absolute Gasteiger partial charge is 0.480 e. The zero-order chi connectivity index (χ0) is 16.2. The molecule has 0 spiro atoms. The Morgan fingerprint density at radius 1 is 1.23 bits per heavy atom. The molecular weight excluding hydrogens is 283 g/mol. The zero-order valence-electron chi connectivity index (χ0n) is 13.3. The fourth-order valence-electron chi connectivity index (χ4n) is 4.04. The Kier molecular flexibility index (Phi) is 6.26. The van der Waals surface area contributed by atoms with Crippen molar-refractivity contribution in [1.29, 1.82) is 0 Å². The van der Waals surface area contributed by atoms with Crippen LogP contribution in [0.4, 0.5) is 0 Å². The van der Waals surface area contributed by atoms with Gasteiger partial charge in [-0.3, -0.25) is 4.79 Å². The fraction of sp³-hybridized carbons (Fsp3) is 0.933. The van der Waals surface area contributed by atoms with E-state index in [0.29, 0.717) is 12.8 Å². The Balaban J connectivity index is 1.96. The van der Waals surface area contributed by atoms with E-state index in [2.05, 4.69) is 4.90 Å². The zero-order valence-corrected chi connectivity index (χ0v) is 13.3. The second kappa shape index (κ2) is 7.77. The van der Waals surface area contributed by atoms with Crippen molar-refractivity contribution in [3.8, 4) is 0 Å². The summed E-state index contributed by atoms with van der Waals surface area (Å²) in [7, 11) is -1.32. The van der Waals surface area contributed by atoms with Crippen molar-refractivity contribution in [3.05, 3.63) is 0 Å². The first kappa shape index (κ1) is 17.7. The van der Waals surface area contributed by atoms with Gasteiger partial charge >= 0.3 is 13.1 Å². The van der Waals surface area contributed by atoms with Crippen LogP contribution in [0, 0.1) is 11.8 Å². The highest BCUT2D eigenvalue weighted by molar-refractivity contribution is 6.40. The van der Waals surface area contributed by atoms with Gasteiger partial charge in [0, 0.05) is 12.5 Å². The Hall–Kier alpha value is -0.625. The predicted octanol–water partition coefficient (Wildman–Crippen LogP) is 0.534. The summed E-state index contributed by atoms with van der Waals surface area (Å²) in [5, 5.41) is 27.6. The van der Waals surface area contributed by atoms with Crippen LogP contribution < -0.4 is 5.73 Å². The smallest absolute Gasteiger partial charge is 0.451 e. The lowest BCUT2D eigenvalue weighted by Gasteiger charge is -2.44. The molecule has 1 aliphatic carbocycles. The minimum Gasteiger partial charge on any atom is -0.480 e. The molecule has 1 saturated carbocycles. The molecule has 7 heteroatoms. The lowest BCUT2D eigenvalue weighted by Crippen LogP contribution is -2.60. The predicted molar refractivity (Wildman–Crippen MR) is 85.3 cm³/mol. The summed E-state index contributed by atoms with van der Waals surface area (Å²) in [6, 6.07) is 0. The van der Waals surface area contributed by atoms with Crippen molar-refractivity contribution in [3.63, 3.8) is 0 Å². The molecule has 1 aliphatic heterocycles. The summed E-state index contributed by atoms with van der Waals surface area (Å²) in [6.07, 6.45) is 6.73. The Morgan fingerprint density at radius 2 is 1.91 bits per heavy atom. The van der Waals surface area contributed by atoms with E-state index in [-0.39, 0.29) is 18.2 Å². The van der Waals surface area contributed by atoms with Crippen molar-refractivity contribution in [2.24, 2.45) is 17.6 Å². The molecular formula is C15H29BN2O4. The van der Waals surface area contributed by atoms with E-state index in [1.807, 2.05) is 0 Å². The van der Waals surface area contributed by atoms with Gasteiger partial charge < -0.3 is 25.8 Å². The maximum atomic E-state index is 11.8. The molecule has 0 radical (unpaired) electrons. The second-order valence-electron chi connectivity index (χ2n) is 7.11. The fourth-order valence-corrected chi connectivity index (χ4v) is 4.04. The van der Waals surface area contributed by atoms with Gasteiger partial charge in [-0.25, -0.2) is 0 Å². The molecule has 0 aromatic rings. The molecule has 22 heavy (non-hydrogen) atoms. The lowest BCUT2D eigenvalue weighted by molar-refractivity contribution is -0.148. The molecule has 0 aromatic carbocycles. The van der Waals surface area contributed by atoms with E-state index in [9.17, 15) is 9.90 Å². The molecule has 2 fully saturated rings. The van der Waals surface area contributed by atoms with Crippen LogP contribution >= 0.6 is 0 Å². The number of carbonyl (C=O) groups is 1. The molecule has 3 atom stereocenters. The average Bonchev–Trinajstić information content (AvgIpc) is 2.48. The van der Waals surface area contributed by atoms with E-state index >= 15 is 0 Å². The van der Waals surface area contributed by atoms with Gasteiger partial charge in [-0.1, -0.05) is 12.8 Å². The molecule has 126 valence electrons. The van der Waals surface area contributed by atoms with Crippen molar-refractivity contribution in [1.82, 2.24) is 4.90 Å². The minimum atomic E-state index is -1.32. The first-order chi connectivity index (χ1) is 10.4. The lowest BCUT2D eigenvalue weighted by atomic mass is 9.66. The first-order valence-corrected chi connectivity index (χ1v) is 8.52. The molecule has 1 saturated heterocycles. The Bertz CT molecular complexity index is 377. The van der Waals surface area contributed by atoms with Gasteiger partial charge in [0.15, 0.2) is 0 Å². The van der Waals surface area contributed by atoms with Gasteiger partial charge in [0.1, 0.15) is 5.54 Å². The maximum absolute atomic E-state index is 11.8. The van der Waals surface area contributed by atoms with Gasteiger partial charge in [-0.05, 0) is 57.4 Å². The van der Waals surface area contributed by atoms with Crippen LogP contribution in [0.5, 0.6) is 0 Å². The molecule has 2 aliphatic rings. The van der Waals surface area contributed by atoms with E-state index in [4.69, 9.17) is 15.8 Å².